The van der Waals surface area contributed by atoms with Gasteiger partial charge in [-0.05, 0) is 51.4 Å². The summed E-state index contributed by atoms with van der Waals surface area (Å²) in [6.07, 6.45) is 7.41. The number of alkyl halides is 1. The molecule has 3 heterocycles. The van der Waals surface area contributed by atoms with Gasteiger partial charge in [0.25, 0.3) is 0 Å². The van der Waals surface area contributed by atoms with E-state index < -0.39 is 28.2 Å². The molecular formula is C29H45BrN2O5S. The molecule has 214 valence electrons. The van der Waals surface area contributed by atoms with Crippen LogP contribution in [0.5, 0.6) is 0 Å². The van der Waals surface area contributed by atoms with Crippen LogP contribution in [0, 0.1) is 17.3 Å². The Morgan fingerprint density at radius 3 is 2.50 bits per heavy atom. The molecule has 0 aromatic heterocycles. The molecule has 2 amide bonds. The van der Waals surface area contributed by atoms with Crippen molar-refractivity contribution in [3.63, 3.8) is 0 Å². The number of β-amino-alcohol motifs (C(OH)–C–C–N with tert-alkyl or cyclic N) is 1. The number of nitrogens with zero attached hydrogens (tertiary/aromatic N) is 2. The number of thioether (sulfide) groups is 1. The molecule has 38 heavy (non-hydrogen) atoms. The Morgan fingerprint density at radius 1 is 1.24 bits per heavy atom. The summed E-state index contributed by atoms with van der Waals surface area (Å²) in [5.74, 6) is -2.01. The van der Waals surface area contributed by atoms with Crippen molar-refractivity contribution in [3.05, 3.63) is 25.3 Å². The fourth-order valence-electron chi connectivity index (χ4n) is 6.99. The number of amides is 2. The van der Waals surface area contributed by atoms with Crippen molar-refractivity contribution in [3.8, 4) is 0 Å². The predicted molar refractivity (Wildman–Crippen MR) is 156 cm³/mol. The van der Waals surface area contributed by atoms with Crippen molar-refractivity contribution >= 4 is 45.5 Å². The number of esters is 1. The number of unbranched alkanes of at least 4 members (excludes halogenated alkanes) is 2. The molecule has 3 aliphatic heterocycles. The fourth-order valence-corrected chi connectivity index (χ4v) is 10.6. The van der Waals surface area contributed by atoms with Crippen molar-refractivity contribution in [2.75, 3.05) is 26.3 Å². The molecule has 7 nitrogen and oxygen atoms in total. The van der Waals surface area contributed by atoms with Crippen molar-refractivity contribution in [1.82, 2.24) is 9.80 Å². The van der Waals surface area contributed by atoms with Gasteiger partial charge < -0.3 is 19.6 Å². The molecule has 3 fully saturated rings. The second kappa shape index (κ2) is 12.0. The second-order valence-corrected chi connectivity index (χ2v) is 15.4. The summed E-state index contributed by atoms with van der Waals surface area (Å²) in [5.41, 5.74) is -0.520. The Bertz CT molecular complexity index is 934. The third-order valence-corrected chi connectivity index (χ3v) is 11.2. The molecule has 0 aliphatic carbocycles. The number of carbonyl (C=O) groups excluding carboxylic acids is 3. The Balaban J connectivity index is 1.97. The molecule has 0 aromatic rings. The summed E-state index contributed by atoms with van der Waals surface area (Å²) < 4.78 is 4.92. The lowest BCUT2D eigenvalue weighted by molar-refractivity contribution is -0.154. The summed E-state index contributed by atoms with van der Waals surface area (Å²) in [6, 6.07) is -0.771. The Hall–Kier alpha value is -1.32. The molecule has 0 aromatic carbocycles. The first-order valence-electron chi connectivity index (χ1n) is 13.7. The van der Waals surface area contributed by atoms with E-state index in [1.54, 1.807) is 17.8 Å². The number of allylic oxidation sites excluding steroid dienone is 1. The number of fused-ring (bicyclic) bond motifs is 1. The molecule has 3 saturated heterocycles. The van der Waals surface area contributed by atoms with Crippen molar-refractivity contribution in [2.24, 2.45) is 17.3 Å². The Morgan fingerprint density at radius 2 is 1.92 bits per heavy atom. The van der Waals surface area contributed by atoms with Crippen LogP contribution < -0.4 is 0 Å². The highest BCUT2D eigenvalue weighted by atomic mass is 79.9. The second-order valence-electron chi connectivity index (χ2n) is 12.7. The lowest BCUT2D eigenvalue weighted by Crippen LogP contribution is -2.60. The van der Waals surface area contributed by atoms with Gasteiger partial charge >= 0.3 is 5.97 Å². The molecule has 0 saturated carbocycles. The number of rotatable bonds is 13. The van der Waals surface area contributed by atoms with E-state index >= 15 is 0 Å². The van der Waals surface area contributed by atoms with Gasteiger partial charge in [-0.1, -0.05) is 48.9 Å². The van der Waals surface area contributed by atoms with E-state index in [9.17, 15) is 19.5 Å². The van der Waals surface area contributed by atoms with Crippen LogP contribution >= 0.6 is 27.7 Å². The van der Waals surface area contributed by atoms with Gasteiger partial charge in [0.05, 0.1) is 29.8 Å². The van der Waals surface area contributed by atoms with E-state index in [0.717, 1.165) is 25.7 Å². The van der Waals surface area contributed by atoms with Gasteiger partial charge in [0.2, 0.25) is 11.8 Å². The minimum Gasteiger partial charge on any atom is -0.465 e. The average Bonchev–Trinajstić information content (AvgIpc) is 3.39. The van der Waals surface area contributed by atoms with Crippen molar-refractivity contribution in [1.29, 1.82) is 0 Å². The number of halogens is 1. The Kier molecular flexibility index (Phi) is 9.90. The molecule has 9 heteroatoms. The smallest absolute Gasteiger partial charge is 0.310 e. The first kappa shape index (κ1) is 31.2. The van der Waals surface area contributed by atoms with Gasteiger partial charge in [-0.3, -0.25) is 14.4 Å². The number of aliphatic hydroxyl groups excluding tert-OH is 1. The molecule has 6 atom stereocenters. The summed E-state index contributed by atoms with van der Waals surface area (Å²) in [6.45, 7) is 18.6. The molecule has 3 aliphatic rings. The zero-order valence-electron chi connectivity index (χ0n) is 23.6. The largest absolute Gasteiger partial charge is 0.465 e. The maximum atomic E-state index is 14.5. The minimum absolute atomic E-state index is 0.0188. The molecular weight excluding hydrogens is 568 g/mol. The molecule has 1 spiro atoms. The molecule has 3 unspecified atom stereocenters. The Labute approximate surface area is 240 Å². The highest BCUT2D eigenvalue weighted by Gasteiger charge is 2.76. The van der Waals surface area contributed by atoms with E-state index in [2.05, 4.69) is 63.7 Å². The monoisotopic (exact) mass is 612 g/mol. The number of carbonyl (C=O) groups is 3. The van der Waals surface area contributed by atoms with Gasteiger partial charge in [-0.25, -0.2) is 0 Å². The van der Waals surface area contributed by atoms with E-state index in [1.165, 1.54) is 4.90 Å². The maximum absolute atomic E-state index is 14.5. The quantitative estimate of drug-likeness (QED) is 0.142. The highest BCUT2D eigenvalue weighted by Crippen LogP contribution is 2.68. The topological polar surface area (TPSA) is 87.2 Å². The van der Waals surface area contributed by atoms with E-state index in [-0.39, 0.29) is 46.4 Å². The van der Waals surface area contributed by atoms with E-state index in [1.807, 2.05) is 11.0 Å². The lowest BCUT2D eigenvalue weighted by atomic mass is 9.70. The van der Waals surface area contributed by atoms with Crippen LogP contribution in [-0.2, 0) is 19.1 Å². The van der Waals surface area contributed by atoms with E-state index in [0.29, 0.717) is 19.6 Å². The van der Waals surface area contributed by atoms with Crippen molar-refractivity contribution in [2.45, 2.75) is 93.1 Å². The minimum atomic E-state index is -0.771. The molecule has 2 bridgehead atoms. The van der Waals surface area contributed by atoms with Gasteiger partial charge in [-0.15, -0.1) is 24.9 Å². The van der Waals surface area contributed by atoms with Gasteiger partial charge in [0.15, 0.2) is 0 Å². The number of ether oxygens (including phenoxy) is 1. The SMILES string of the molecule is C=CCCCCOC(=O)[C@H]1[C@@H]2SC3(CC2Br)C(C(=O)N(CC=C)C(C)(C)CC(C)(C)C)N(CCO)C(=O)[C@H]13. The number of aliphatic hydroxyl groups is 1. The van der Waals surface area contributed by atoms with Gasteiger partial charge in [-0.2, -0.15) is 0 Å². The summed E-state index contributed by atoms with van der Waals surface area (Å²) in [7, 11) is 0. The van der Waals surface area contributed by atoms with Gasteiger partial charge in [0.1, 0.15) is 6.04 Å². The third kappa shape index (κ3) is 5.90. The first-order valence-corrected chi connectivity index (χ1v) is 15.5. The van der Waals surface area contributed by atoms with Crippen LogP contribution in [-0.4, -0.2) is 85.4 Å². The normalized spacial score (nSPS) is 30.3. The van der Waals surface area contributed by atoms with Crippen LogP contribution in [0.25, 0.3) is 0 Å². The molecule has 3 rings (SSSR count). The molecule has 0 radical (unpaired) electrons. The average molecular weight is 614 g/mol. The van der Waals surface area contributed by atoms with E-state index in [4.69, 9.17) is 4.74 Å². The predicted octanol–water partition coefficient (Wildman–Crippen LogP) is 4.57. The standard InChI is InChI=1S/C29H45BrN2O5S/c1-8-10-11-12-16-37-26(36)20-21-24(34)31(14-15-33)23(29(21)17-19(30)22(20)38-29)25(35)32(13-9-2)28(6,7)18-27(3,4)5/h8-9,19-23,33H,1-2,10-18H2,3-7H3/t19?,20-,21+,22-,23?,29?/m1/s1. The summed E-state index contributed by atoms with van der Waals surface area (Å²) >= 11 is 5.37. The lowest BCUT2D eigenvalue weighted by Gasteiger charge is -2.46. The third-order valence-electron chi connectivity index (χ3n) is 7.95. The molecule has 1 N–H and O–H groups in total. The maximum Gasteiger partial charge on any atom is 0.310 e. The number of likely N-dealkylation sites (tertiary alicyclic amines) is 1. The highest BCUT2D eigenvalue weighted by molar-refractivity contribution is 9.09. The van der Waals surface area contributed by atoms with Crippen LogP contribution in [0.3, 0.4) is 0 Å². The van der Waals surface area contributed by atoms with Crippen LogP contribution in [0.4, 0.5) is 0 Å². The first-order chi connectivity index (χ1) is 17.8. The zero-order chi connectivity index (χ0) is 28.5. The van der Waals surface area contributed by atoms with Gasteiger partial charge in [0, 0.05) is 28.7 Å². The zero-order valence-corrected chi connectivity index (χ0v) is 26.0. The van der Waals surface area contributed by atoms with Crippen molar-refractivity contribution < 1.29 is 24.2 Å². The summed E-state index contributed by atoms with van der Waals surface area (Å²) in [5, 5.41) is 9.75. The summed E-state index contributed by atoms with van der Waals surface area (Å²) in [4.78, 5) is 45.2. The fraction of sp³-hybridized carbons (Fsp3) is 0.759. The number of hydrogen-bond donors (Lipinski definition) is 1. The number of hydrogen-bond acceptors (Lipinski definition) is 6. The van der Waals surface area contributed by atoms with Crippen LogP contribution in [0.2, 0.25) is 0 Å². The van der Waals surface area contributed by atoms with Crippen LogP contribution in [0.1, 0.15) is 66.7 Å². The van der Waals surface area contributed by atoms with Crippen LogP contribution in [0.15, 0.2) is 25.3 Å².